The Morgan fingerprint density at radius 1 is 1.16 bits per heavy atom. The standard InChI is InChI=1S/C29H38N6O2/c1-28(2)20-8-10-29(28,3)23(18-20)32-27(36)22-9-11-31-26-24(22)33-25(34-26)19-4-6-21(7-5-19)30-12-13-35-14-16-37-17-15-35/h4-7,9,11,20,23,30H,8,10,12-18H2,1-3H3,(H,32,36)(H,31,33,34)/t20?,23-,29-/m0/s1. The van der Waals surface area contributed by atoms with Crippen molar-refractivity contribution in [3.05, 3.63) is 42.1 Å². The zero-order valence-electron chi connectivity index (χ0n) is 22.1. The number of fused-ring (bicyclic) bond motifs is 3. The fourth-order valence-corrected chi connectivity index (χ4v) is 6.82. The van der Waals surface area contributed by atoms with Crippen LogP contribution in [0.5, 0.6) is 0 Å². The highest BCUT2D eigenvalue weighted by Gasteiger charge is 2.61. The molecule has 0 radical (unpaired) electrons. The first-order chi connectivity index (χ1) is 17.8. The van der Waals surface area contributed by atoms with Crippen LogP contribution in [0.2, 0.25) is 0 Å². The number of morpholine rings is 1. The molecule has 1 aliphatic heterocycles. The van der Waals surface area contributed by atoms with E-state index < -0.39 is 0 Å². The number of pyridine rings is 1. The van der Waals surface area contributed by atoms with Crippen LogP contribution in [-0.4, -0.2) is 71.2 Å². The molecule has 2 bridgehead atoms. The lowest BCUT2D eigenvalue weighted by Gasteiger charge is -2.39. The molecule has 3 N–H and O–H groups in total. The molecule has 2 saturated carbocycles. The van der Waals surface area contributed by atoms with Crippen molar-refractivity contribution < 1.29 is 9.53 Å². The SMILES string of the molecule is CC1(C)C2CC[C@@]1(C)[C@@H](NC(=O)c1ccnc3nc(-c4ccc(NCCN5CCOCC5)cc4)[nH]c13)C2. The summed E-state index contributed by atoms with van der Waals surface area (Å²) in [5.41, 5.74) is 4.29. The average Bonchev–Trinajstić information content (AvgIpc) is 3.49. The molecule has 0 spiro atoms. The van der Waals surface area contributed by atoms with Gasteiger partial charge in [-0.25, -0.2) is 9.97 Å². The number of hydrogen-bond acceptors (Lipinski definition) is 6. The van der Waals surface area contributed by atoms with Crippen LogP contribution in [0.4, 0.5) is 5.69 Å². The number of nitrogens with zero attached hydrogens (tertiary/aromatic N) is 3. The lowest BCUT2D eigenvalue weighted by Crippen LogP contribution is -2.46. The Hall–Kier alpha value is -2.97. The number of nitrogens with one attached hydrogen (secondary N) is 3. The molecule has 1 amide bonds. The summed E-state index contributed by atoms with van der Waals surface area (Å²) in [6, 6.07) is 10.2. The van der Waals surface area contributed by atoms with Crippen molar-refractivity contribution in [2.24, 2.45) is 16.7 Å². The predicted octanol–water partition coefficient (Wildman–Crippen LogP) is 4.31. The van der Waals surface area contributed by atoms with E-state index in [0.29, 0.717) is 22.6 Å². The monoisotopic (exact) mass is 502 g/mol. The summed E-state index contributed by atoms with van der Waals surface area (Å²) in [7, 11) is 0. The van der Waals surface area contributed by atoms with Crippen molar-refractivity contribution in [2.45, 2.75) is 46.1 Å². The minimum absolute atomic E-state index is 0.0445. The number of anilines is 1. The zero-order valence-corrected chi connectivity index (χ0v) is 22.1. The summed E-state index contributed by atoms with van der Waals surface area (Å²) >= 11 is 0. The summed E-state index contributed by atoms with van der Waals surface area (Å²) in [6.45, 7) is 12.6. The van der Waals surface area contributed by atoms with E-state index in [1.54, 1.807) is 12.3 Å². The van der Waals surface area contributed by atoms with Crippen molar-refractivity contribution in [1.29, 1.82) is 0 Å². The third kappa shape index (κ3) is 4.30. The summed E-state index contributed by atoms with van der Waals surface area (Å²) in [4.78, 5) is 28.4. The second-order valence-corrected chi connectivity index (χ2v) is 11.7. The fraction of sp³-hybridized carbons (Fsp3) is 0.552. The van der Waals surface area contributed by atoms with Gasteiger partial charge >= 0.3 is 0 Å². The Balaban J connectivity index is 1.14. The van der Waals surface area contributed by atoms with Gasteiger partial charge < -0.3 is 20.4 Å². The van der Waals surface area contributed by atoms with Crippen LogP contribution < -0.4 is 10.6 Å². The van der Waals surface area contributed by atoms with E-state index in [4.69, 9.17) is 9.72 Å². The zero-order chi connectivity index (χ0) is 25.6. The quantitative estimate of drug-likeness (QED) is 0.446. The van der Waals surface area contributed by atoms with Crippen LogP contribution in [0.15, 0.2) is 36.5 Å². The normalized spacial score (nSPS) is 27.0. The third-order valence-electron chi connectivity index (χ3n) is 9.76. The number of ether oxygens (including phenoxy) is 1. The van der Waals surface area contributed by atoms with Gasteiger partial charge in [-0.15, -0.1) is 0 Å². The number of rotatable bonds is 7. The molecule has 3 fully saturated rings. The van der Waals surface area contributed by atoms with Gasteiger partial charge in [0.05, 0.1) is 24.3 Å². The number of aromatic amines is 1. The van der Waals surface area contributed by atoms with Crippen LogP contribution in [0.25, 0.3) is 22.6 Å². The Kier molecular flexibility index (Phi) is 6.19. The Morgan fingerprint density at radius 3 is 2.65 bits per heavy atom. The Bertz CT molecular complexity index is 1280. The first-order valence-corrected chi connectivity index (χ1v) is 13.7. The minimum atomic E-state index is -0.0445. The number of benzene rings is 1. The minimum Gasteiger partial charge on any atom is -0.384 e. The molecular weight excluding hydrogens is 464 g/mol. The number of carbonyl (C=O) groups excluding carboxylic acids is 1. The lowest BCUT2D eigenvalue weighted by atomic mass is 9.69. The molecule has 3 atom stereocenters. The number of amides is 1. The highest BCUT2D eigenvalue weighted by atomic mass is 16.5. The highest BCUT2D eigenvalue weighted by Crippen LogP contribution is 2.65. The van der Waals surface area contributed by atoms with Crippen LogP contribution in [0.3, 0.4) is 0 Å². The van der Waals surface area contributed by atoms with Crippen LogP contribution in [0.1, 0.15) is 50.4 Å². The number of aromatic nitrogens is 3. The van der Waals surface area contributed by atoms with E-state index in [2.05, 4.69) is 58.4 Å². The molecule has 6 rings (SSSR count). The Morgan fingerprint density at radius 2 is 1.95 bits per heavy atom. The van der Waals surface area contributed by atoms with E-state index in [9.17, 15) is 4.79 Å². The smallest absolute Gasteiger partial charge is 0.253 e. The van der Waals surface area contributed by atoms with Crippen LogP contribution in [-0.2, 0) is 4.74 Å². The molecule has 2 aromatic heterocycles. The van der Waals surface area contributed by atoms with Crippen molar-refractivity contribution in [2.75, 3.05) is 44.7 Å². The van der Waals surface area contributed by atoms with Crippen molar-refractivity contribution in [3.8, 4) is 11.4 Å². The van der Waals surface area contributed by atoms with Gasteiger partial charge in [0.2, 0.25) is 0 Å². The predicted molar refractivity (Wildman–Crippen MR) is 146 cm³/mol. The molecule has 2 aliphatic carbocycles. The molecule has 8 nitrogen and oxygen atoms in total. The van der Waals surface area contributed by atoms with E-state index in [1.807, 2.05) is 12.1 Å². The van der Waals surface area contributed by atoms with Crippen LogP contribution >= 0.6 is 0 Å². The molecule has 3 aliphatic rings. The molecule has 1 unspecified atom stereocenters. The largest absolute Gasteiger partial charge is 0.384 e. The van der Waals surface area contributed by atoms with Crippen molar-refractivity contribution in [1.82, 2.24) is 25.2 Å². The first-order valence-electron chi connectivity index (χ1n) is 13.7. The second kappa shape index (κ2) is 9.40. The third-order valence-corrected chi connectivity index (χ3v) is 9.76. The summed E-state index contributed by atoms with van der Waals surface area (Å²) in [5, 5.41) is 6.88. The molecule has 1 aromatic carbocycles. The van der Waals surface area contributed by atoms with Gasteiger partial charge in [0.25, 0.3) is 5.91 Å². The fourth-order valence-electron chi connectivity index (χ4n) is 6.82. The molecule has 196 valence electrons. The molecule has 8 heteroatoms. The van der Waals surface area contributed by atoms with E-state index in [-0.39, 0.29) is 22.8 Å². The van der Waals surface area contributed by atoms with E-state index in [1.165, 1.54) is 12.8 Å². The highest BCUT2D eigenvalue weighted by molar-refractivity contribution is 6.04. The van der Waals surface area contributed by atoms with Gasteiger partial charge in [0, 0.05) is 49.7 Å². The van der Waals surface area contributed by atoms with Gasteiger partial charge in [-0.2, -0.15) is 0 Å². The second-order valence-electron chi connectivity index (χ2n) is 11.7. The number of imidazole rings is 1. The van der Waals surface area contributed by atoms with Crippen molar-refractivity contribution >= 4 is 22.8 Å². The van der Waals surface area contributed by atoms with Crippen molar-refractivity contribution in [3.63, 3.8) is 0 Å². The van der Waals surface area contributed by atoms with Crippen LogP contribution in [0, 0.1) is 16.7 Å². The van der Waals surface area contributed by atoms with Gasteiger partial charge in [-0.05, 0) is 66.3 Å². The first kappa shape index (κ1) is 24.4. The van der Waals surface area contributed by atoms with E-state index >= 15 is 0 Å². The summed E-state index contributed by atoms with van der Waals surface area (Å²) in [6.07, 6.45) is 5.18. The maximum Gasteiger partial charge on any atom is 0.253 e. The number of H-pyrrole nitrogens is 1. The number of carbonyl (C=O) groups is 1. The average molecular weight is 503 g/mol. The summed E-state index contributed by atoms with van der Waals surface area (Å²) < 4.78 is 5.42. The molecule has 1 saturated heterocycles. The van der Waals surface area contributed by atoms with Gasteiger partial charge in [0.1, 0.15) is 5.82 Å². The molecule has 3 heterocycles. The van der Waals surface area contributed by atoms with E-state index in [0.717, 1.165) is 62.9 Å². The molecule has 3 aromatic rings. The maximum atomic E-state index is 13.4. The summed E-state index contributed by atoms with van der Waals surface area (Å²) in [5.74, 6) is 1.35. The maximum absolute atomic E-state index is 13.4. The lowest BCUT2D eigenvalue weighted by molar-refractivity contribution is 0.0398. The topological polar surface area (TPSA) is 95.2 Å². The van der Waals surface area contributed by atoms with Gasteiger partial charge in [-0.3, -0.25) is 9.69 Å². The van der Waals surface area contributed by atoms with Gasteiger partial charge in [-0.1, -0.05) is 20.8 Å². The molecular formula is C29H38N6O2. The number of hydrogen-bond donors (Lipinski definition) is 3. The molecule has 37 heavy (non-hydrogen) atoms. The van der Waals surface area contributed by atoms with Gasteiger partial charge in [0.15, 0.2) is 5.65 Å². The Labute approximate surface area is 218 Å².